The van der Waals surface area contributed by atoms with E-state index in [1.54, 1.807) is 30.3 Å². The van der Waals surface area contributed by atoms with E-state index in [2.05, 4.69) is 10.1 Å². The van der Waals surface area contributed by atoms with Gasteiger partial charge in [-0.2, -0.15) is 0 Å². The van der Waals surface area contributed by atoms with E-state index in [9.17, 15) is 4.79 Å². The lowest BCUT2D eigenvalue weighted by atomic mass is 10.1. The van der Waals surface area contributed by atoms with Gasteiger partial charge in [-0.25, -0.2) is 4.98 Å². The Morgan fingerprint density at radius 3 is 2.41 bits per heavy atom. The van der Waals surface area contributed by atoms with Crippen molar-refractivity contribution in [2.24, 2.45) is 0 Å². The summed E-state index contributed by atoms with van der Waals surface area (Å²) in [7, 11) is 1.65. The minimum Gasteiger partial charge on any atom is -0.473 e. The highest BCUT2D eigenvalue weighted by molar-refractivity contribution is 6.05. The summed E-state index contributed by atoms with van der Waals surface area (Å²) in [5.74, 6) is 0.990. The molecule has 0 atom stereocenters. The van der Waals surface area contributed by atoms with Gasteiger partial charge in [-0.3, -0.25) is 4.79 Å². The van der Waals surface area contributed by atoms with Gasteiger partial charge in [0, 0.05) is 43.8 Å². The van der Waals surface area contributed by atoms with Gasteiger partial charge in [0.2, 0.25) is 5.88 Å². The van der Waals surface area contributed by atoms with Crippen LogP contribution in [0.5, 0.6) is 5.88 Å². The topological polar surface area (TPSA) is 77.7 Å². The Balaban J connectivity index is 1.46. The number of aryl methyl sites for hydroxylation is 1. The molecule has 7 heteroatoms. The molecule has 0 aliphatic rings. The van der Waals surface area contributed by atoms with Gasteiger partial charge in [0.1, 0.15) is 18.1 Å². The number of methoxy groups -OCH3 is 1. The first-order valence-electron chi connectivity index (χ1n) is 11.1. The Morgan fingerprint density at radius 2 is 1.74 bits per heavy atom. The molecule has 174 valence electrons. The zero-order valence-corrected chi connectivity index (χ0v) is 19.3. The van der Waals surface area contributed by atoms with Crippen LogP contribution in [-0.2, 0) is 11.3 Å². The SMILES string of the molecule is COCCCN(C(=O)c1ccc(OCc2c(-c3ccccc3)noc2C)nc1)c1ccccc1. The molecule has 0 radical (unpaired) electrons. The molecule has 0 bridgehead atoms. The molecule has 1 amide bonds. The average molecular weight is 458 g/mol. The third kappa shape index (κ3) is 5.50. The molecule has 7 nitrogen and oxygen atoms in total. The predicted molar refractivity (Wildman–Crippen MR) is 130 cm³/mol. The van der Waals surface area contributed by atoms with Crippen LogP contribution in [-0.4, -0.2) is 36.3 Å². The van der Waals surface area contributed by atoms with Gasteiger partial charge in [0.25, 0.3) is 5.91 Å². The highest BCUT2D eigenvalue weighted by atomic mass is 16.5. The van der Waals surface area contributed by atoms with Crippen molar-refractivity contribution in [3.05, 3.63) is 95.9 Å². The molecular formula is C27H27N3O4. The van der Waals surface area contributed by atoms with Crippen molar-refractivity contribution in [1.82, 2.24) is 10.1 Å². The smallest absolute Gasteiger partial charge is 0.259 e. The summed E-state index contributed by atoms with van der Waals surface area (Å²) in [6.07, 6.45) is 2.27. The summed E-state index contributed by atoms with van der Waals surface area (Å²) >= 11 is 0. The molecule has 2 aromatic heterocycles. The fraction of sp³-hybridized carbons (Fsp3) is 0.222. The molecular weight excluding hydrogens is 430 g/mol. The molecule has 0 fully saturated rings. The van der Waals surface area contributed by atoms with E-state index in [1.165, 1.54) is 0 Å². The molecule has 0 aliphatic carbocycles. The number of ether oxygens (including phenoxy) is 2. The maximum Gasteiger partial charge on any atom is 0.259 e. The minimum atomic E-state index is -0.123. The molecule has 4 rings (SSSR count). The van der Waals surface area contributed by atoms with Crippen LogP contribution in [0, 0.1) is 6.92 Å². The zero-order chi connectivity index (χ0) is 23.8. The van der Waals surface area contributed by atoms with E-state index in [4.69, 9.17) is 14.0 Å². The minimum absolute atomic E-state index is 0.123. The second-order valence-electron chi connectivity index (χ2n) is 7.74. The Morgan fingerprint density at radius 1 is 1.00 bits per heavy atom. The predicted octanol–water partition coefficient (Wildman–Crippen LogP) is 5.31. The fourth-order valence-corrected chi connectivity index (χ4v) is 3.60. The molecule has 0 aliphatic heterocycles. The maximum absolute atomic E-state index is 13.2. The number of nitrogens with zero attached hydrogens (tertiary/aromatic N) is 3. The van der Waals surface area contributed by atoms with E-state index < -0.39 is 0 Å². The Bertz CT molecular complexity index is 1190. The van der Waals surface area contributed by atoms with Crippen LogP contribution in [0.25, 0.3) is 11.3 Å². The van der Waals surface area contributed by atoms with Crippen molar-refractivity contribution in [2.45, 2.75) is 20.0 Å². The van der Waals surface area contributed by atoms with Gasteiger partial charge in [-0.1, -0.05) is 53.7 Å². The third-order valence-corrected chi connectivity index (χ3v) is 5.42. The molecule has 4 aromatic rings. The zero-order valence-electron chi connectivity index (χ0n) is 19.3. The molecule has 0 spiro atoms. The molecule has 0 unspecified atom stereocenters. The second kappa shape index (κ2) is 11.2. The van der Waals surface area contributed by atoms with E-state index in [-0.39, 0.29) is 12.5 Å². The Kier molecular flexibility index (Phi) is 7.67. The van der Waals surface area contributed by atoms with Gasteiger partial charge in [0.05, 0.1) is 11.1 Å². The largest absolute Gasteiger partial charge is 0.473 e. The normalized spacial score (nSPS) is 10.8. The third-order valence-electron chi connectivity index (χ3n) is 5.42. The van der Waals surface area contributed by atoms with Crippen LogP contribution < -0.4 is 9.64 Å². The number of carbonyl (C=O) groups is 1. The second-order valence-corrected chi connectivity index (χ2v) is 7.74. The number of hydrogen-bond acceptors (Lipinski definition) is 6. The van der Waals surface area contributed by atoms with E-state index in [0.29, 0.717) is 30.4 Å². The lowest BCUT2D eigenvalue weighted by Gasteiger charge is -2.23. The molecule has 0 saturated carbocycles. The first-order chi connectivity index (χ1) is 16.7. The highest BCUT2D eigenvalue weighted by Crippen LogP contribution is 2.26. The van der Waals surface area contributed by atoms with Crippen molar-refractivity contribution >= 4 is 11.6 Å². The highest BCUT2D eigenvalue weighted by Gasteiger charge is 2.19. The van der Waals surface area contributed by atoms with Gasteiger partial charge in [-0.15, -0.1) is 0 Å². The number of anilines is 1. The maximum atomic E-state index is 13.2. The molecule has 0 N–H and O–H groups in total. The Labute approximate surface area is 198 Å². The summed E-state index contributed by atoms with van der Waals surface area (Å²) < 4.78 is 16.4. The number of hydrogen-bond donors (Lipinski definition) is 0. The molecule has 2 heterocycles. The number of aromatic nitrogens is 2. The van der Waals surface area contributed by atoms with Gasteiger partial charge >= 0.3 is 0 Å². The van der Waals surface area contributed by atoms with Crippen molar-refractivity contribution in [3.63, 3.8) is 0 Å². The first-order valence-corrected chi connectivity index (χ1v) is 11.1. The van der Waals surface area contributed by atoms with Crippen LogP contribution in [0.1, 0.15) is 28.1 Å². The van der Waals surface area contributed by atoms with E-state index in [1.807, 2.05) is 67.6 Å². The standard InChI is InChI=1S/C27H27N3O4/c1-20-24(26(29-34-20)21-10-5-3-6-11-21)19-33-25-15-14-22(18-28-25)27(31)30(16-9-17-32-2)23-12-7-4-8-13-23/h3-8,10-15,18H,9,16-17,19H2,1-2H3. The number of rotatable bonds is 10. The van der Waals surface area contributed by atoms with Crippen LogP contribution >= 0.6 is 0 Å². The number of benzene rings is 2. The summed E-state index contributed by atoms with van der Waals surface area (Å²) in [6, 6.07) is 22.8. The summed E-state index contributed by atoms with van der Waals surface area (Å²) in [5, 5.41) is 4.18. The summed E-state index contributed by atoms with van der Waals surface area (Å²) in [4.78, 5) is 19.3. The fourth-order valence-electron chi connectivity index (χ4n) is 3.60. The van der Waals surface area contributed by atoms with Gasteiger partial charge < -0.3 is 18.9 Å². The number of para-hydroxylation sites is 1. The van der Waals surface area contributed by atoms with Crippen LogP contribution in [0.2, 0.25) is 0 Å². The molecule has 2 aromatic carbocycles. The number of pyridine rings is 1. The van der Waals surface area contributed by atoms with E-state index >= 15 is 0 Å². The summed E-state index contributed by atoms with van der Waals surface area (Å²) in [6.45, 7) is 3.24. The van der Waals surface area contributed by atoms with Crippen molar-refractivity contribution < 1.29 is 18.8 Å². The van der Waals surface area contributed by atoms with E-state index in [0.717, 1.165) is 28.9 Å². The lowest BCUT2D eigenvalue weighted by Crippen LogP contribution is -2.32. The van der Waals surface area contributed by atoms with Crippen molar-refractivity contribution in [1.29, 1.82) is 0 Å². The summed E-state index contributed by atoms with van der Waals surface area (Å²) in [5.41, 5.74) is 3.89. The molecule has 0 saturated heterocycles. The first kappa shape index (κ1) is 23.2. The lowest BCUT2D eigenvalue weighted by molar-refractivity contribution is 0.0983. The average Bonchev–Trinajstić information content (AvgIpc) is 3.26. The van der Waals surface area contributed by atoms with Crippen LogP contribution in [0.3, 0.4) is 0 Å². The monoisotopic (exact) mass is 457 g/mol. The number of carbonyl (C=O) groups excluding carboxylic acids is 1. The van der Waals surface area contributed by atoms with Crippen molar-refractivity contribution in [2.75, 3.05) is 25.2 Å². The van der Waals surface area contributed by atoms with Crippen LogP contribution in [0.4, 0.5) is 5.69 Å². The number of amides is 1. The van der Waals surface area contributed by atoms with Gasteiger partial charge in [0.15, 0.2) is 0 Å². The van der Waals surface area contributed by atoms with Crippen LogP contribution in [0.15, 0.2) is 83.5 Å². The molecule has 34 heavy (non-hydrogen) atoms. The van der Waals surface area contributed by atoms with Gasteiger partial charge in [-0.05, 0) is 31.5 Å². The van der Waals surface area contributed by atoms with Crippen molar-refractivity contribution in [3.8, 4) is 17.1 Å². The quantitative estimate of drug-likeness (QED) is 0.301. The Hall–Kier alpha value is -3.97.